The van der Waals surface area contributed by atoms with Crippen LogP contribution in [0.3, 0.4) is 0 Å². The first kappa shape index (κ1) is 11.4. The van der Waals surface area contributed by atoms with E-state index < -0.39 is 12.0 Å². The van der Waals surface area contributed by atoms with Gasteiger partial charge in [-0.05, 0) is 25.8 Å². The number of rotatable bonds is 1. The molecule has 90 valence electrons. The van der Waals surface area contributed by atoms with E-state index in [9.17, 15) is 9.59 Å². The molecule has 0 radical (unpaired) electrons. The van der Waals surface area contributed by atoms with Crippen molar-refractivity contribution in [2.45, 2.75) is 38.3 Å². The van der Waals surface area contributed by atoms with Gasteiger partial charge in [0.15, 0.2) is 0 Å². The van der Waals surface area contributed by atoms with Crippen LogP contribution >= 0.6 is 0 Å². The first-order valence-corrected chi connectivity index (χ1v) is 5.87. The number of hydrogen-bond donors (Lipinski definition) is 2. The summed E-state index contributed by atoms with van der Waals surface area (Å²) < 4.78 is 0. The number of carboxylic acids is 1. The standard InChI is InChI=1S/C11H18N2O3/c1-7-6-12-5-4-8-2-3-9(11(15)16)13(8)10(7)14/h7-9,12H,2-6H2,1H3,(H,15,16)/t7-,8+,9-/m0/s1. The van der Waals surface area contributed by atoms with Gasteiger partial charge in [0, 0.05) is 18.5 Å². The fraction of sp³-hybridized carbons (Fsp3) is 0.818. The third-order valence-corrected chi connectivity index (χ3v) is 3.57. The molecule has 5 nitrogen and oxygen atoms in total. The van der Waals surface area contributed by atoms with Crippen molar-refractivity contribution < 1.29 is 14.7 Å². The highest BCUT2D eigenvalue weighted by Crippen LogP contribution is 2.29. The summed E-state index contributed by atoms with van der Waals surface area (Å²) in [5.41, 5.74) is 0. The predicted octanol–water partition coefficient (Wildman–Crippen LogP) is 0.0600. The van der Waals surface area contributed by atoms with Gasteiger partial charge in [0.25, 0.3) is 0 Å². The van der Waals surface area contributed by atoms with Crippen molar-refractivity contribution in [2.75, 3.05) is 13.1 Å². The van der Waals surface area contributed by atoms with E-state index >= 15 is 0 Å². The lowest BCUT2D eigenvalue weighted by Gasteiger charge is -2.33. The summed E-state index contributed by atoms with van der Waals surface area (Å²) in [5, 5.41) is 12.3. The number of aliphatic carboxylic acids is 1. The normalized spacial score (nSPS) is 35.4. The molecule has 1 amide bonds. The fourth-order valence-electron chi connectivity index (χ4n) is 2.67. The second kappa shape index (κ2) is 4.41. The Morgan fingerprint density at radius 3 is 2.88 bits per heavy atom. The molecule has 5 heteroatoms. The molecular formula is C11H18N2O3. The van der Waals surface area contributed by atoms with Crippen LogP contribution in [0.25, 0.3) is 0 Å². The lowest BCUT2D eigenvalue weighted by atomic mass is 10.1. The summed E-state index contributed by atoms with van der Waals surface area (Å²) in [6, 6.07) is -0.484. The van der Waals surface area contributed by atoms with Crippen molar-refractivity contribution in [1.82, 2.24) is 10.2 Å². The molecule has 16 heavy (non-hydrogen) atoms. The zero-order chi connectivity index (χ0) is 11.7. The fourth-order valence-corrected chi connectivity index (χ4v) is 2.67. The molecule has 2 saturated heterocycles. The Morgan fingerprint density at radius 2 is 2.19 bits per heavy atom. The van der Waals surface area contributed by atoms with Gasteiger partial charge in [-0.2, -0.15) is 0 Å². The van der Waals surface area contributed by atoms with Gasteiger partial charge in [-0.25, -0.2) is 4.79 Å². The van der Waals surface area contributed by atoms with Crippen molar-refractivity contribution in [2.24, 2.45) is 5.92 Å². The number of hydrogen-bond acceptors (Lipinski definition) is 3. The highest BCUT2D eigenvalue weighted by atomic mass is 16.4. The van der Waals surface area contributed by atoms with Crippen LogP contribution in [0.4, 0.5) is 0 Å². The highest BCUT2D eigenvalue weighted by Gasteiger charge is 2.42. The Morgan fingerprint density at radius 1 is 1.44 bits per heavy atom. The summed E-state index contributed by atoms with van der Waals surface area (Å²) in [4.78, 5) is 24.8. The topological polar surface area (TPSA) is 69.6 Å². The van der Waals surface area contributed by atoms with Crippen LogP contribution in [0.5, 0.6) is 0 Å². The third kappa shape index (κ3) is 1.91. The van der Waals surface area contributed by atoms with Gasteiger partial charge in [0.05, 0.1) is 0 Å². The largest absolute Gasteiger partial charge is 0.480 e. The van der Waals surface area contributed by atoms with E-state index in [1.54, 1.807) is 4.90 Å². The molecule has 0 aromatic carbocycles. The van der Waals surface area contributed by atoms with Crippen LogP contribution in [0.2, 0.25) is 0 Å². The zero-order valence-electron chi connectivity index (χ0n) is 9.48. The van der Waals surface area contributed by atoms with Gasteiger partial charge >= 0.3 is 5.97 Å². The Bertz CT molecular complexity index is 306. The van der Waals surface area contributed by atoms with E-state index in [0.29, 0.717) is 13.0 Å². The molecule has 0 saturated carbocycles. The smallest absolute Gasteiger partial charge is 0.326 e. The molecule has 0 spiro atoms. The lowest BCUT2D eigenvalue weighted by molar-refractivity contribution is -0.151. The summed E-state index contributed by atoms with van der Waals surface area (Å²) in [7, 11) is 0. The third-order valence-electron chi connectivity index (χ3n) is 3.57. The minimum Gasteiger partial charge on any atom is -0.480 e. The molecule has 0 unspecified atom stereocenters. The molecule has 2 N–H and O–H groups in total. The van der Waals surface area contributed by atoms with E-state index in [1.165, 1.54) is 0 Å². The first-order chi connectivity index (χ1) is 7.61. The minimum atomic E-state index is -0.864. The van der Waals surface area contributed by atoms with Gasteiger partial charge in [-0.15, -0.1) is 0 Å². The SMILES string of the molecule is C[C@H]1CNCC[C@H]2CC[C@@H](C(=O)O)N2C1=O. The molecule has 0 aromatic rings. The van der Waals surface area contributed by atoms with Crippen LogP contribution in [0.1, 0.15) is 26.2 Å². The van der Waals surface area contributed by atoms with Gasteiger partial charge in [-0.3, -0.25) is 4.79 Å². The number of amides is 1. The molecule has 0 aromatic heterocycles. The van der Waals surface area contributed by atoms with E-state index in [-0.39, 0.29) is 17.9 Å². The molecule has 0 aliphatic carbocycles. The summed E-state index contributed by atoms with van der Waals surface area (Å²) >= 11 is 0. The van der Waals surface area contributed by atoms with Gasteiger partial charge < -0.3 is 15.3 Å². The van der Waals surface area contributed by atoms with Crippen molar-refractivity contribution in [3.05, 3.63) is 0 Å². The van der Waals surface area contributed by atoms with Crippen LogP contribution in [-0.4, -0.2) is 47.1 Å². The first-order valence-electron chi connectivity index (χ1n) is 5.87. The molecule has 2 rings (SSSR count). The maximum atomic E-state index is 12.1. The van der Waals surface area contributed by atoms with E-state index in [0.717, 1.165) is 19.4 Å². The average molecular weight is 226 g/mol. The van der Waals surface area contributed by atoms with Gasteiger partial charge in [0.2, 0.25) is 5.91 Å². The van der Waals surface area contributed by atoms with Crippen molar-refractivity contribution in [3.63, 3.8) is 0 Å². The van der Waals surface area contributed by atoms with Crippen molar-refractivity contribution in [1.29, 1.82) is 0 Å². The predicted molar refractivity (Wildman–Crippen MR) is 57.9 cm³/mol. The lowest BCUT2D eigenvalue weighted by Crippen LogP contribution is -2.51. The molecule has 2 fully saturated rings. The second-order valence-corrected chi connectivity index (χ2v) is 4.72. The Labute approximate surface area is 94.8 Å². The van der Waals surface area contributed by atoms with E-state index in [4.69, 9.17) is 5.11 Å². The maximum absolute atomic E-state index is 12.1. The second-order valence-electron chi connectivity index (χ2n) is 4.72. The molecule has 2 aliphatic rings. The molecule has 3 atom stereocenters. The minimum absolute atomic E-state index is 0.0119. The quantitative estimate of drug-likeness (QED) is 0.663. The van der Waals surface area contributed by atoms with E-state index in [2.05, 4.69) is 5.32 Å². The van der Waals surface area contributed by atoms with Crippen LogP contribution in [-0.2, 0) is 9.59 Å². The number of carboxylic acid groups (broad SMARTS) is 1. The summed E-state index contributed by atoms with van der Waals surface area (Å²) in [5.74, 6) is -0.999. The van der Waals surface area contributed by atoms with Crippen molar-refractivity contribution in [3.8, 4) is 0 Å². The zero-order valence-corrected chi connectivity index (χ0v) is 9.48. The Balaban J connectivity index is 2.20. The number of carbonyl (C=O) groups is 2. The molecule has 0 bridgehead atoms. The highest BCUT2D eigenvalue weighted by molar-refractivity contribution is 5.86. The number of fused-ring (bicyclic) bond motifs is 1. The Kier molecular flexibility index (Phi) is 3.14. The van der Waals surface area contributed by atoms with Crippen LogP contribution < -0.4 is 5.32 Å². The van der Waals surface area contributed by atoms with Gasteiger partial charge in [-0.1, -0.05) is 6.92 Å². The van der Waals surface area contributed by atoms with Crippen LogP contribution in [0, 0.1) is 5.92 Å². The number of nitrogens with one attached hydrogen (secondary N) is 1. The number of nitrogens with zero attached hydrogens (tertiary/aromatic N) is 1. The monoisotopic (exact) mass is 226 g/mol. The maximum Gasteiger partial charge on any atom is 0.326 e. The summed E-state index contributed by atoms with van der Waals surface area (Å²) in [6.45, 7) is 3.37. The molecule has 2 heterocycles. The van der Waals surface area contributed by atoms with Gasteiger partial charge in [0.1, 0.15) is 6.04 Å². The van der Waals surface area contributed by atoms with E-state index in [1.807, 2.05) is 6.92 Å². The number of carbonyl (C=O) groups excluding carboxylic acids is 1. The van der Waals surface area contributed by atoms with Crippen LogP contribution in [0.15, 0.2) is 0 Å². The molecular weight excluding hydrogens is 208 g/mol. The van der Waals surface area contributed by atoms with Crippen molar-refractivity contribution >= 4 is 11.9 Å². The average Bonchev–Trinajstić information content (AvgIpc) is 2.64. The Hall–Kier alpha value is -1.10. The molecule has 2 aliphatic heterocycles. The summed E-state index contributed by atoms with van der Waals surface area (Å²) in [6.07, 6.45) is 2.28.